The number of ether oxygens (including phenoxy) is 1. The highest BCUT2D eigenvalue weighted by molar-refractivity contribution is 6.04. The quantitative estimate of drug-likeness (QED) is 0.737. The van der Waals surface area contributed by atoms with Crippen molar-refractivity contribution < 1.29 is 9.53 Å². The summed E-state index contributed by atoms with van der Waals surface area (Å²) in [6, 6.07) is 14.3. The van der Waals surface area contributed by atoms with Crippen molar-refractivity contribution >= 4 is 11.6 Å². The number of amides is 1. The molecule has 1 saturated heterocycles. The molecule has 2 aromatic rings. The van der Waals surface area contributed by atoms with Gasteiger partial charge in [-0.1, -0.05) is 36.2 Å². The van der Waals surface area contributed by atoms with Crippen LogP contribution < -0.4 is 4.74 Å². The fourth-order valence-corrected chi connectivity index (χ4v) is 4.44. The molecule has 2 heterocycles. The Morgan fingerprint density at radius 3 is 2.67 bits per heavy atom. The average Bonchev–Trinajstić information content (AvgIpc) is 3.22. The molecule has 0 N–H and O–H groups in total. The maximum Gasteiger partial charge on any atom is 0.257 e. The standard InChI is InChI=1S/C25H31N3O2/c1-18-10-11-19(2)22(14-18)23-16-24(20-8-7-9-21(15-20)30-3)28(26-23)25(29)17-27-12-5-4-6-13-27/h7-11,14-15,24H,4-6,12-13,16-17H2,1-3H3. The minimum Gasteiger partial charge on any atom is -0.497 e. The average molecular weight is 406 g/mol. The molecule has 0 radical (unpaired) electrons. The number of benzene rings is 2. The van der Waals surface area contributed by atoms with E-state index in [9.17, 15) is 4.79 Å². The van der Waals surface area contributed by atoms with Gasteiger partial charge in [0.15, 0.2) is 0 Å². The molecule has 0 aromatic heterocycles. The van der Waals surface area contributed by atoms with Crippen molar-refractivity contribution in [2.24, 2.45) is 5.10 Å². The lowest BCUT2D eigenvalue weighted by molar-refractivity contribution is -0.134. The summed E-state index contributed by atoms with van der Waals surface area (Å²) in [5, 5.41) is 6.59. The van der Waals surface area contributed by atoms with Crippen LogP contribution in [0, 0.1) is 13.8 Å². The summed E-state index contributed by atoms with van der Waals surface area (Å²) in [5.41, 5.74) is 5.57. The van der Waals surface area contributed by atoms with Gasteiger partial charge >= 0.3 is 0 Å². The van der Waals surface area contributed by atoms with Gasteiger partial charge in [-0.3, -0.25) is 9.69 Å². The number of aryl methyl sites for hydroxylation is 2. The zero-order valence-electron chi connectivity index (χ0n) is 18.2. The Kier molecular flexibility index (Phi) is 6.18. The normalized spacial score (nSPS) is 19.6. The maximum absolute atomic E-state index is 13.3. The molecule has 2 aromatic carbocycles. The Hall–Kier alpha value is -2.66. The van der Waals surface area contributed by atoms with Crippen LogP contribution in [0.1, 0.15) is 54.0 Å². The molecule has 1 amide bonds. The van der Waals surface area contributed by atoms with Crippen LogP contribution in [0.3, 0.4) is 0 Å². The number of methoxy groups -OCH3 is 1. The molecule has 1 fully saturated rings. The third kappa shape index (κ3) is 4.41. The Bertz CT molecular complexity index is 947. The minimum absolute atomic E-state index is 0.0741. The minimum atomic E-state index is -0.104. The predicted molar refractivity (Wildman–Crippen MR) is 120 cm³/mol. The highest BCUT2D eigenvalue weighted by atomic mass is 16.5. The van der Waals surface area contributed by atoms with E-state index in [0.717, 1.165) is 35.7 Å². The molecule has 4 rings (SSSR count). The summed E-state index contributed by atoms with van der Waals surface area (Å²) in [4.78, 5) is 15.6. The SMILES string of the molecule is COc1cccc(C2CC(c3cc(C)ccc3C)=NN2C(=O)CN2CCCCC2)c1. The third-order valence-corrected chi connectivity index (χ3v) is 6.16. The molecule has 2 aliphatic heterocycles. The second kappa shape index (κ2) is 9.00. The fraction of sp³-hybridized carbons (Fsp3) is 0.440. The molecular formula is C25H31N3O2. The second-order valence-electron chi connectivity index (χ2n) is 8.44. The van der Waals surface area contributed by atoms with Crippen molar-refractivity contribution in [3.05, 3.63) is 64.7 Å². The van der Waals surface area contributed by atoms with E-state index < -0.39 is 0 Å². The monoisotopic (exact) mass is 405 g/mol. The number of hydrogen-bond donors (Lipinski definition) is 0. The summed E-state index contributed by atoms with van der Waals surface area (Å²) in [5.74, 6) is 0.876. The lowest BCUT2D eigenvalue weighted by Crippen LogP contribution is -2.40. The van der Waals surface area contributed by atoms with E-state index in [2.05, 4.69) is 43.0 Å². The molecule has 158 valence electrons. The summed E-state index contributed by atoms with van der Waals surface area (Å²) in [7, 11) is 1.67. The van der Waals surface area contributed by atoms with Crippen LogP contribution in [-0.4, -0.2) is 48.3 Å². The van der Waals surface area contributed by atoms with Gasteiger partial charge in [-0.05, 0) is 69.1 Å². The van der Waals surface area contributed by atoms with E-state index in [1.165, 1.54) is 30.4 Å². The van der Waals surface area contributed by atoms with Crippen LogP contribution >= 0.6 is 0 Å². The van der Waals surface area contributed by atoms with Crippen molar-refractivity contribution in [1.82, 2.24) is 9.91 Å². The Morgan fingerprint density at radius 1 is 1.10 bits per heavy atom. The number of carbonyl (C=O) groups excluding carboxylic acids is 1. The molecule has 0 saturated carbocycles. The van der Waals surface area contributed by atoms with Crippen LogP contribution in [-0.2, 0) is 4.79 Å². The number of hydrogen-bond acceptors (Lipinski definition) is 4. The lowest BCUT2D eigenvalue weighted by atomic mass is 9.95. The van der Waals surface area contributed by atoms with Crippen molar-refractivity contribution in [2.75, 3.05) is 26.7 Å². The Balaban J connectivity index is 1.65. The highest BCUT2D eigenvalue weighted by Gasteiger charge is 2.34. The molecular weight excluding hydrogens is 374 g/mol. The number of likely N-dealkylation sites (tertiary alicyclic amines) is 1. The predicted octanol–water partition coefficient (Wildman–Crippen LogP) is 4.48. The summed E-state index contributed by atoms with van der Waals surface area (Å²) < 4.78 is 5.43. The van der Waals surface area contributed by atoms with Crippen LogP contribution in [0.15, 0.2) is 47.6 Å². The molecule has 0 aliphatic carbocycles. The Labute approximate surface area is 179 Å². The van der Waals surface area contributed by atoms with Crippen LogP contribution in [0.25, 0.3) is 0 Å². The number of hydrazone groups is 1. The molecule has 5 nitrogen and oxygen atoms in total. The van der Waals surface area contributed by atoms with E-state index in [0.29, 0.717) is 13.0 Å². The van der Waals surface area contributed by atoms with Crippen molar-refractivity contribution in [3.63, 3.8) is 0 Å². The highest BCUT2D eigenvalue weighted by Crippen LogP contribution is 2.35. The van der Waals surface area contributed by atoms with Gasteiger partial charge in [-0.2, -0.15) is 5.10 Å². The lowest BCUT2D eigenvalue weighted by Gasteiger charge is -2.29. The third-order valence-electron chi connectivity index (χ3n) is 6.16. The first-order chi connectivity index (χ1) is 14.5. The summed E-state index contributed by atoms with van der Waals surface area (Å²) in [6.45, 7) is 6.63. The number of nitrogens with zero attached hydrogens (tertiary/aromatic N) is 3. The number of piperidine rings is 1. The first kappa shape index (κ1) is 20.6. The van der Waals surface area contributed by atoms with E-state index in [-0.39, 0.29) is 11.9 Å². The van der Waals surface area contributed by atoms with E-state index >= 15 is 0 Å². The first-order valence-electron chi connectivity index (χ1n) is 10.9. The number of rotatable bonds is 5. The van der Waals surface area contributed by atoms with Crippen LogP contribution in [0.4, 0.5) is 0 Å². The van der Waals surface area contributed by atoms with Crippen LogP contribution in [0.5, 0.6) is 5.75 Å². The fourth-order valence-electron chi connectivity index (χ4n) is 4.44. The van der Waals surface area contributed by atoms with E-state index in [1.807, 2.05) is 18.2 Å². The van der Waals surface area contributed by atoms with Gasteiger partial charge in [-0.25, -0.2) is 5.01 Å². The van der Waals surface area contributed by atoms with Crippen molar-refractivity contribution in [3.8, 4) is 5.75 Å². The van der Waals surface area contributed by atoms with Gasteiger partial charge in [0.1, 0.15) is 5.75 Å². The van der Waals surface area contributed by atoms with Gasteiger partial charge in [0.2, 0.25) is 0 Å². The molecule has 0 bridgehead atoms. The van der Waals surface area contributed by atoms with Gasteiger partial charge in [0.05, 0.1) is 25.4 Å². The number of carbonyl (C=O) groups is 1. The van der Waals surface area contributed by atoms with E-state index in [4.69, 9.17) is 9.84 Å². The van der Waals surface area contributed by atoms with Crippen molar-refractivity contribution in [2.45, 2.75) is 45.6 Å². The van der Waals surface area contributed by atoms with Gasteiger partial charge in [-0.15, -0.1) is 0 Å². The van der Waals surface area contributed by atoms with Gasteiger partial charge in [0, 0.05) is 12.0 Å². The second-order valence-corrected chi connectivity index (χ2v) is 8.44. The Morgan fingerprint density at radius 2 is 1.90 bits per heavy atom. The molecule has 1 unspecified atom stereocenters. The topological polar surface area (TPSA) is 45.1 Å². The molecule has 1 atom stereocenters. The largest absolute Gasteiger partial charge is 0.497 e. The summed E-state index contributed by atoms with van der Waals surface area (Å²) in [6.07, 6.45) is 4.31. The van der Waals surface area contributed by atoms with Gasteiger partial charge in [0.25, 0.3) is 5.91 Å². The zero-order chi connectivity index (χ0) is 21.1. The maximum atomic E-state index is 13.3. The van der Waals surface area contributed by atoms with E-state index in [1.54, 1.807) is 12.1 Å². The first-order valence-corrected chi connectivity index (χ1v) is 10.9. The van der Waals surface area contributed by atoms with Gasteiger partial charge < -0.3 is 4.74 Å². The van der Waals surface area contributed by atoms with Crippen LogP contribution in [0.2, 0.25) is 0 Å². The molecule has 30 heavy (non-hydrogen) atoms. The molecule has 5 heteroatoms. The molecule has 0 spiro atoms. The molecule has 2 aliphatic rings. The van der Waals surface area contributed by atoms with Crippen molar-refractivity contribution in [1.29, 1.82) is 0 Å². The summed E-state index contributed by atoms with van der Waals surface area (Å²) >= 11 is 0. The zero-order valence-corrected chi connectivity index (χ0v) is 18.2. The smallest absolute Gasteiger partial charge is 0.257 e.